The number of nitrogens with zero attached hydrogens (tertiary/aromatic N) is 1. The van der Waals surface area contributed by atoms with Crippen molar-refractivity contribution < 1.29 is 14.3 Å². The van der Waals surface area contributed by atoms with Crippen molar-refractivity contribution in [2.75, 3.05) is 20.3 Å². The van der Waals surface area contributed by atoms with Crippen molar-refractivity contribution in [3.05, 3.63) is 83.0 Å². The summed E-state index contributed by atoms with van der Waals surface area (Å²) in [6.07, 6.45) is 0.0984. The van der Waals surface area contributed by atoms with Gasteiger partial charge in [0.2, 0.25) is 5.88 Å². The summed E-state index contributed by atoms with van der Waals surface area (Å²) < 4.78 is 10.6. The SMILES string of the molecule is COc1ccc(C#CCCNC(=O)OCC2c3ccccc3-c3ccccc32)c(C)n1. The fourth-order valence-electron chi connectivity index (χ4n) is 3.82. The van der Waals surface area contributed by atoms with Crippen LogP contribution in [0.4, 0.5) is 4.79 Å². The summed E-state index contributed by atoms with van der Waals surface area (Å²) in [6, 6.07) is 20.2. The van der Waals surface area contributed by atoms with Crippen LogP contribution in [0.5, 0.6) is 5.88 Å². The van der Waals surface area contributed by atoms with Gasteiger partial charge in [0.15, 0.2) is 0 Å². The molecule has 1 amide bonds. The number of pyridine rings is 1. The van der Waals surface area contributed by atoms with E-state index in [0.29, 0.717) is 25.5 Å². The Kier molecular flexibility index (Phi) is 6.18. The number of ether oxygens (including phenoxy) is 2. The van der Waals surface area contributed by atoms with Crippen LogP contribution in [-0.4, -0.2) is 31.3 Å². The van der Waals surface area contributed by atoms with Crippen LogP contribution in [0.25, 0.3) is 11.1 Å². The average Bonchev–Trinajstić information content (AvgIpc) is 3.12. The highest BCUT2D eigenvalue weighted by atomic mass is 16.5. The Morgan fingerprint density at radius 3 is 2.35 bits per heavy atom. The third-order valence-electron chi connectivity index (χ3n) is 5.36. The number of alkyl carbamates (subject to hydrolysis) is 1. The predicted octanol–water partition coefficient (Wildman–Crippen LogP) is 4.68. The molecule has 0 spiro atoms. The Morgan fingerprint density at radius 1 is 1.03 bits per heavy atom. The number of fused-ring (bicyclic) bond motifs is 3. The predicted molar refractivity (Wildman–Crippen MR) is 120 cm³/mol. The van der Waals surface area contributed by atoms with Crippen LogP contribution < -0.4 is 10.1 Å². The summed E-state index contributed by atoms with van der Waals surface area (Å²) in [4.78, 5) is 16.5. The largest absolute Gasteiger partial charge is 0.481 e. The molecular weight excluding hydrogens is 388 g/mol. The molecule has 0 saturated carbocycles. The van der Waals surface area contributed by atoms with Crippen LogP contribution in [0.1, 0.15) is 34.7 Å². The van der Waals surface area contributed by atoms with E-state index in [4.69, 9.17) is 9.47 Å². The number of methoxy groups -OCH3 is 1. The van der Waals surface area contributed by atoms with Gasteiger partial charge in [-0.25, -0.2) is 9.78 Å². The number of rotatable bonds is 5. The Hall–Kier alpha value is -3.78. The molecule has 0 bridgehead atoms. The van der Waals surface area contributed by atoms with Crippen LogP contribution in [-0.2, 0) is 4.74 Å². The zero-order valence-electron chi connectivity index (χ0n) is 17.6. The molecule has 1 aliphatic rings. The van der Waals surface area contributed by atoms with Crippen molar-refractivity contribution >= 4 is 6.09 Å². The van der Waals surface area contributed by atoms with Gasteiger partial charge < -0.3 is 14.8 Å². The molecule has 31 heavy (non-hydrogen) atoms. The molecule has 156 valence electrons. The molecule has 3 aromatic rings. The van der Waals surface area contributed by atoms with Crippen molar-refractivity contribution in [3.63, 3.8) is 0 Å². The number of aromatic nitrogens is 1. The van der Waals surface area contributed by atoms with Gasteiger partial charge in [0.25, 0.3) is 0 Å². The van der Waals surface area contributed by atoms with Crippen molar-refractivity contribution in [2.24, 2.45) is 0 Å². The number of nitrogens with one attached hydrogen (secondary N) is 1. The third kappa shape index (κ3) is 4.54. The number of benzene rings is 2. The van der Waals surface area contributed by atoms with E-state index in [0.717, 1.165) is 11.3 Å². The van der Waals surface area contributed by atoms with E-state index in [1.165, 1.54) is 22.3 Å². The van der Waals surface area contributed by atoms with E-state index in [-0.39, 0.29) is 5.92 Å². The van der Waals surface area contributed by atoms with Gasteiger partial charge in [-0.15, -0.1) is 0 Å². The molecule has 0 unspecified atom stereocenters. The zero-order chi connectivity index (χ0) is 21.6. The molecule has 1 N–H and O–H groups in total. The minimum absolute atomic E-state index is 0.0588. The molecule has 5 nitrogen and oxygen atoms in total. The fraction of sp³-hybridized carbons (Fsp3) is 0.231. The van der Waals surface area contributed by atoms with Crippen LogP contribution in [0.2, 0.25) is 0 Å². The van der Waals surface area contributed by atoms with Crippen molar-refractivity contribution in [3.8, 4) is 28.8 Å². The first kappa shape index (κ1) is 20.5. The number of carbonyl (C=O) groups is 1. The molecule has 0 atom stereocenters. The van der Waals surface area contributed by atoms with Crippen LogP contribution in [0.3, 0.4) is 0 Å². The number of hydrogen-bond acceptors (Lipinski definition) is 4. The maximum atomic E-state index is 12.2. The molecule has 4 rings (SSSR count). The van der Waals surface area contributed by atoms with Gasteiger partial charge >= 0.3 is 6.09 Å². The molecule has 5 heteroatoms. The second-order valence-electron chi connectivity index (χ2n) is 7.29. The Labute approximate surface area is 182 Å². The van der Waals surface area contributed by atoms with E-state index in [2.05, 4.69) is 46.4 Å². The molecule has 0 radical (unpaired) electrons. The van der Waals surface area contributed by atoms with E-state index in [1.54, 1.807) is 13.2 Å². The Balaban J connectivity index is 1.28. The Bertz CT molecular complexity index is 1120. The first-order chi connectivity index (χ1) is 15.2. The summed E-state index contributed by atoms with van der Waals surface area (Å²) in [5.74, 6) is 6.76. The quantitative estimate of drug-likeness (QED) is 0.488. The number of carbonyl (C=O) groups excluding carboxylic acids is 1. The number of amides is 1. The molecule has 1 aliphatic carbocycles. The highest BCUT2D eigenvalue weighted by Crippen LogP contribution is 2.44. The normalized spacial score (nSPS) is 11.7. The van der Waals surface area contributed by atoms with E-state index in [1.807, 2.05) is 37.3 Å². The van der Waals surface area contributed by atoms with Gasteiger partial charge in [0, 0.05) is 30.5 Å². The van der Waals surface area contributed by atoms with Gasteiger partial charge in [-0.2, -0.15) is 0 Å². The average molecular weight is 412 g/mol. The summed E-state index contributed by atoms with van der Waals surface area (Å²) >= 11 is 0. The smallest absolute Gasteiger partial charge is 0.407 e. The minimum Gasteiger partial charge on any atom is -0.481 e. The molecule has 0 saturated heterocycles. The Morgan fingerprint density at radius 2 is 1.71 bits per heavy atom. The standard InChI is InChI=1S/C26H24N2O3/c1-18-19(14-15-25(28-18)30-2)9-7-8-16-27-26(29)31-17-24-22-12-5-3-10-20(22)21-11-4-6-13-23(21)24/h3-6,10-15,24H,8,16-17H2,1-2H3,(H,27,29). The maximum Gasteiger partial charge on any atom is 0.407 e. The lowest BCUT2D eigenvalue weighted by atomic mass is 9.98. The zero-order valence-corrected chi connectivity index (χ0v) is 17.6. The van der Waals surface area contributed by atoms with E-state index >= 15 is 0 Å². The molecule has 2 aromatic carbocycles. The topological polar surface area (TPSA) is 60.5 Å². The van der Waals surface area contributed by atoms with Crippen LogP contribution >= 0.6 is 0 Å². The lowest BCUT2D eigenvalue weighted by Crippen LogP contribution is -2.26. The van der Waals surface area contributed by atoms with Crippen LogP contribution in [0.15, 0.2) is 60.7 Å². The third-order valence-corrected chi connectivity index (χ3v) is 5.36. The second kappa shape index (κ2) is 9.36. The molecule has 1 aromatic heterocycles. The van der Waals surface area contributed by atoms with Crippen molar-refractivity contribution in [1.29, 1.82) is 0 Å². The number of aryl methyl sites for hydroxylation is 1. The van der Waals surface area contributed by atoms with Crippen molar-refractivity contribution in [1.82, 2.24) is 10.3 Å². The molecule has 0 aliphatic heterocycles. The summed E-state index contributed by atoms with van der Waals surface area (Å²) in [6.45, 7) is 2.62. The van der Waals surface area contributed by atoms with Gasteiger partial charge in [-0.1, -0.05) is 60.4 Å². The second-order valence-corrected chi connectivity index (χ2v) is 7.29. The van der Waals surface area contributed by atoms with E-state index in [9.17, 15) is 4.79 Å². The molecule has 0 fully saturated rings. The monoisotopic (exact) mass is 412 g/mol. The lowest BCUT2D eigenvalue weighted by Gasteiger charge is -2.14. The molecular formula is C26H24N2O3. The highest BCUT2D eigenvalue weighted by Gasteiger charge is 2.28. The van der Waals surface area contributed by atoms with Crippen molar-refractivity contribution in [2.45, 2.75) is 19.3 Å². The molecule has 1 heterocycles. The number of hydrogen-bond donors (Lipinski definition) is 1. The van der Waals surface area contributed by atoms with Gasteiger partial charge in [0.05, 0.1) is 12.8 Å². The summed E-state index contributed by atoms with van der Waals surface area (Å²) in [5.41, 5.74) is 6.49. The summed E-state index contributed by atoms with van der Waals surface area (Å²) in [7, 11) is 1.59. The van der Waals surface area contributed by atoms with Gasteiger partial charge in [0.1, 0.15) is 6.61 Å². The van der Waals surface area contributed by atoms with Crippen LogP contribution in [0, 0.1) is 18.8 Å². The highest BCUT2D eigenvalue weighted by molar-refractivity contribution is 5.79. The maximum absolute atomic E-state index is 12.2. The van der Waals surface area contributed by atoms with Gasteiger partial charge in [-0.05, 0) is 35.2 Å². The van der Waals surface area contributed by atoms with E-state index < -0.39 is 6.09 Å². The minimum atomic E-state index is -0.425. The summed E-state index contributed by atoms with van der Waals surface area (Å²) in [5, 5.41) is 2.77. The van der Waals surface area contributed by atoms with Gasteiger partial charge in [-0.3, -0.25) is 0 Å². The lowest BCUT2D eigenvalue weighted by molar-refractivity contribution is 0.143. The first-order valence-corrected chi connectivity index (χ1v) is 10.3. The fourth-order valence-corrected chi connectivity index (χ4v) is 3.82. The first-order valence-electron chi connectivity index (χ1n) is 10.3.